The average molecular weight is 590 g/mol. The number of carbonyl (C=O) groups excluding carboxylic acids is 2. The standard InChI is InChI=1S/C27H29N7O4.C4H10O/c1-17(31-21-8-10-33(16-35)11-9-21)25(32-29)19-12-24(26-20(13-28)14-30-34(26)15-19)38-18(2)22-6-4-5-7-23(22)27(36)37-3;1-4(2,3)5/h4-7,12,14-16,18,21H,8-11,29H2,1-3H3;5H,1-3H3/b31-17?,32-25+;. The Bertz CT molecular complexity index is 1530. The lowest BCUT2D eigenvalue weighted by atomic mass is 10.0. The number of nitrogens with two attached hydrogens (primary N) is 1. The Hall–Kier alpha value is -4.76. The van der Waals surface area contributed by atoms with Gasteiger partial charge in [-0.3, -0.25) is 9.79 Å². The predicted molar refractivity (Wildman–Crippen MR) is 163 cm³/mol. The summed E-state index contributed by atoms with van der Waals surface area (Å²) in [5.41, 5.74) is 3.02. The number of aromatic nitrogens is 2. The molecule has 12 heteroatoms. The van der Waals surface area contributed by atoms with Crippen LogP contribution in [0.4, 0.5) is 0 Å². The number of piperidine rings is 1. The summed E-state index contributed by atoms with van der Waals surface area (Å²) >= 11 is 0. The number of fused-ring (bicyclic) bond motifs is 1. The molecule has 0 bridgehead atoms. The first-order chi connectivity index (χ1) is 20.4. The van der Waals surface area contributed by atoms with Crippen molar-refractivity contribution < 1.29 is 24.2 Å². The third-order valence-electron chi connectivity index (χ3n) is 6.57. The van der Waals surface area contributed by atoms with E-state index in [0.717, 1.165) is 19.3 Å². The fourth-order valence-corrected chi connectivity index (χ4v) is 4.62. The van der Waals surface area contributed by atoms with Crippen LogP contribution in [0.1, 0.15) is 80.6 Å². The fraction of sp³-hybridized carbons (Fsp3) is 0.419. The lowest BCUT2D eigenvalue weighted by Gasteiger charge is -2.27. The molecule has 1 atom stereocenters. The van der Waals surface area contributed by atoms with E-state index in [-0.39, 0.29) is 6.04 Å². The first-order valence-corrected chi connectivity index (χ1v) is 13.9. The second-order valence-corrected chi connectivity index (χ2v) is 11.1. The molecule has 4 rings (SSSR count). The van der Waals surface area contributed by atoms with E-state index in [1.807, 2.05) is 19.9 Å². The third-order valence-corrected chi connectivity index (χ3v) is 6.57. The fourth-order valence-electron chi connectivity index (χ4n) is 4.62. The van der Waals surface area contributed by atoms with E-state index < -0.39 is 17.7 Å². The molecule has 0 radical (unpaired) electrons. The number of benzene rings is 1. The number of pyridine rings is 1. The maximum absolute atomic E-state index is 12.3. The number of ether oxygens (including phenoxy) is 2. The Morgan fingerprint density at radius 3 is 2.51 bits per heavy atom. The van der Waals surface area contributed by atoms with Crippen LogP contribution in [-0.4, -0.2) is 75.3 Å². The Labute approximate surface area is 251 Å². The summed E-state index contributed by atoms with van der Waals surface area (Å²) in [6, 6.07) is 11.0. The molecule has 12 nitrogen and oxygen atoms in total. The zero-order valence-corrected chi connectivity index (χ0v) is 25.4. The summed E-state index contributed by atoms with van der Waals surface area (Å²) < 4.78 is 12.8. The Balaban J connectivity index is 0.000000934. The Morgan fingerprint density at radius 1 is 1.28 bits per heavy atom. The van der Waals surface area contributed by atoms with Crippen molar-refractivity contribution in [2.75, 3.05) is 20.2 Å². The maximum Gasteiger partial charge on any atom is 0.338 e. The van der Waals surface area contributed by atoms with Crippen LogP contribution in [0.2, 0.25) is 0 Å². The van der Waals surface area contributed by atoms with Gasteiger partial charge in [0.25, 0.3) is 0 Å². The highest BCUT2D eigenvalue weighted by Gasteiger charge is 2.23. The number of likely N-dealkylation sites (tertiary alicyclic amines) is 1. The number of rotatable bonds is 8. The number of aliphatic imine (C=N–C) groups is 1. The van der Waals surface area contributed by atoms with Crippen LogP contribution < -0.4 is 10.6 Å². The average Bonchev–Trinajstić information content (AvgIpc) is 3.40. The summed E-state index contributed by atoms with van der Waals surface area (Å²) in [6.07, 6.45) is 4.98. The molecule has 1 saturated heterocycles. The van der Waals surface area contributed by atoms with Gasteiger partial charge in [0.1, 0.15) is 34.7 Å². The molecule has 3 N–H and O–H groups in total. The number of nitriles is 1. The van der Waals surface area contributed by atoms with E-state index in [4.69, 9.17) is 25.4 Å². The monoisotopic (exact) mass is 589 g/mol. The van der Waals surface area contributed by atoms with E-state index in [1.165, 1.54) is 13.3 Å². The molecule has 228 valence electrons. The van der Waals surface area contributed by atoms with Crippen LogP contribution in [0.5, 0.6) is 5.75 Å². The minimum Gasteiger partial charge on any atom is -0.484 e. The molecular formula is C31H39N7O5. The minimum atomic E-state index is -0.568. The summed E-state index contributed by atoms with van der Waals surface area (Å²) in [5, 5.41) is 26.5. The van der Waals surface area contributed by atoms with Gasteiger partial charge in [0, 0.05) is 30.4 Å². The maximum atomic E-state index is 12.3. The van der Waals surface area contributed by atoms with Crippen molar-refractivity contribution in [1.29, 1.82) is 5.26 Å². The lowest BCUT2D eigenvalue weighted by Crippen LogP contribution is -2.34. The molecule has 0 saturated carbocycles. The van der Waals surface area contributed by atoms with Gasteiger partial charge in [-0.05, 0) is 59.6 Å². The van der Waals surface area contributed by atoms with Gasteiger partial charge >= 0.3 is 5.97 Å². The zero-order chi connectivity index (χ0) is 31.7. The predicted octanol–water partition coefficient (Wildman–Crippen LogP) is 3.65. The van der Waals surface area contributed by atoms with Crippen LogP contribution in [0, 0.1) is 11.3 Å². The van der Waals surface area contributed by atoms with E-state index in [1.54, 1.807) is 60.6 Å². The number of hydrogen-bond acceptors (Lipinski definition) is 10. The number of hydrogen-bond donors (Lipinski definition) is 2. The molecule has 3 heterocycles. The molecule has 1 aliphatic heterocycles. The van der Waals surface area contributed by atoms with Gasteiger partial charge in [-0.15, -0.1) is 0 Å². The summed E-state index contributed by atoms with van der Waals surface area (Å²) in [4.78, 5) is 29.9. The minimum absolute atomic E-state index is 0.0483. The van der Waals surface area contributed by atoms with Crippen LogP contribution in [0.15, 0.2) is 52.8 Å². The Morgan fingerprint density at radius 2 is 1.93 bits per heavy atom. The van der Waals surface area contributed by atoms with Crippen molar-refractivity contribution >= 4 is 29.3 Å². The third kappa shape index (κ3) is 8.62. The first-order valence-electron chi connectivity index (χ1n) is 13.9. The van der Waals surface area contributed by atoms with Gasteiger partial charge in [-0.1, -0.05) is 18.2 Å². The molecule has 0 aliphatic carbocycles. The number of esters is 1. The van der Waals surface area contributed by atoms with E-state index in [2.05, 4.69) is 16.3 Å². The number of nitrogens with zero attached hydrogens (tertiary/aromatic N) is 6. The molecular weight excluding hydrogens is 550 g/mol. The number of carbonyl (C=O) groups is 2. The second kappa shape index (κ2) is 14.4. The van der Waals surface area contributed by atoms with Crippen molar-refractivity contribution in [3.8, 4) is 11.8 Å². The molecule has 3 aromatic rings. The number of hydrazone groups is 1. The molecule has 1 amide bonds. The van der Waals surface area contributed by atoms with Crippen molar-refractivity contribution in [3.05, 3.63) is 65.0 Å². The van der Waals surface area contributed by atoms with Crippen molar-refractivity contribution in [2.45, 2.75) is 65.2 Å². The van der Waals surface area contributed by atoms with E-state index in [9.17, 15) is 14.9 Å². The quantitative estimate of drug-likeness (QED) is 0.132. The summed E-state index contributed by atoms with van der Waals surface area (Å²) in [5.74, 6) is 5.72. The SMILES string of the molecule is CC(C)(C)O.COC(=O)c1ccccc1C(C)Oc1cc(/C(=N/N)C(C)=NC2CCN(C=O)CC2)cn2ncc(C#N)c12. The molecule has 0 spiro atoms. The van der Waals surface area contributed by atoms with Crippen molar-refractivity contribution in [3.63, 3.8) is 0 Å². The molecule has 1 aliphatic rings. The van der Waals surface area contributed by atoms with Gasteiger partial charge in [-0.2, -0.15) is 15.5 Å². The van der Waals surface area contributed by atoms with Gasteiger partial charge < -0.3 is 25.3 Å². The number of aliphatic hydroxyl groups is 1. The highest BCUT2D eigenvalue weighted by atomic mass is 16.5. The smallest absolute Gasteiger partial charge is 0.338 e. The van der Waals surface area contributed by atoms with Gasteiger partial charge in [0.05, 0.1) is 36.2 Å². The second-order valence-electron chi connectivity index (χ2n) is 11.1. The highest BCUT2D eigenvalue weighted by molar-refractivity contribution is 6.47. The van der Waals surface area contributed by atoms with Crippen LogP contribution in [0.3, 0.4) is 0 Å². The first kappa shape index (κ1) is 32.8. The van der Waals surface area contributed by atoms with Crippen LogP contribution >= 0.6 is 0 Å². The van der Waals surface area contributed by atoms with Gasteiger partial charge in [0.2, 0.25) is 6.41 Å². The van der Waals surface area contributed by atoms with Crippen molar-refractivity contribution in [2.24, 2.45) is 15.9 Å². The number of methoxy groups -OCH3 is 1. The molecule has 43 heavy (non-hydrogen) atoms. The normalized spacial score (nSPS) is 15.3. The van der Waals surface area contributed by atoms with E-state index >= 15 is 0 Å². The number of amides is 1. The molecule has 2 aromatic heterocycles. The summed E-state index contributed by atoms with van der Waals surface area (Å²) in [7, 11) is 1.33. The van der Waals surface area contributed by atoms with Crippen molar-refractivity contribution in [1.82, 2.24) is 14.5 Å². The summed E-state index contributed by atoms with van der Waals surface area (Å²) in [6.45, 7) is 10.2. The molecule has 1 unspecified atom stereocenters. The highest BCUT2D eigenvalue weighted by Crippen LogP contribution is 2.31. The lowest BCUT2D eigenvalue weighted by molar-refractivity contribution is -0.119. The van der Waals surface area contributed by atoms with E-state index in [0.29, 0.717) is 58.0 Å². The largest absolute Gasteiger partial charge is 0.484 e. The topological polar surface area (TPSA) is 168 Å². The zero-order valence-electron chi connectivity index (χ0n) is 25.4. The van der Waals surface area contributed by atoms with Crippen LogP contribution in [0.25, 0.3) is 5.52 Å². The molecule has 1 fully saturated rings. The van der Waals surface area contributed by atoms with Crippen LogP contribution in [-0.2, 0) is 9.53 Å². The Kier molecular flexibility index (Phi) is 11.0. The van der Waals surface area contributed by atoms with Gasteiger partial charge in [0.15, 0.2) is 0 Å². The van der Waals surface area contributed by atoms with Gasteiger partial charge in [-0.25, -0.2) is 9.31 Å². The molecule has 1 aromatic carbocycles.